The summed E-state index contributed by atoms with van der Waals surface area (Å²) in [4.78, 5) is 24.5. The predicted octanol–water partition coefficient (Wildman–Crippen LogP) is 6.75. The summed E-state index contributed by atoms with van der Waals surface area (Å²) in [5.74, 6) is 0.430. The van der Waals surface area contributed by atoms with Gasteiger partial charge in [0.25, 0.3) is 0 Å². The SMILES string of the molecule is O=C(CCC(=O)N/N=C/c1cc(Br)ccc1OCc1ccccc1)N/N=C/c1cc(Br)ccc1OCc1ccccc1. The van der Waals surface area contributed by atoms with E-state index in [1.807, 2.05) is 97.1 Å². The van der Waals surface area contributed by atoms with E-state index in [1.54, 1.807) is 0 Å². The molecule has 0 aliphatic rings. The van der Waals surface area contributed by atoms with E-state index in [4.69, 9.17) is 9.47 Å². The Morgan fingerprint density at radius 1 is 0.619 bits per heavy atom. The van der Waals surface area contributed by atoms with Gasteiger partial charge in [-0.1, -0.05) is 92.5 Å². The van der Waals surface area contributed by atoms with Crippen LogP contribution in [0.3, 0.4) is 0 Å². The number of nitrogens with zero attached hydrogens (tertiary/aromatic N) is 2. The Labute approximate surface area is 261 Å². The number of carbonyl (C=O) groups is 2. The maximum atomic E-state index is 12.3. The second-order valence-electron chi connectivity index (χ2n) is 9.00. The highest BCUT2D eigenvalue weighted by Gasteiger charge is 2.08. The number of hydrogen-bond donors (Lipinski definition) is 2. The molecule has 0 heterocycles. The summed E-state index contributed by atoms with van der Waals surface area (Å²) in [5, 5.41) is 8.06. The average molecular weight is 692 g/mol. The van der Waals surface area contributed by atoms with E-state index in [0.29, 0.717) is 35.8 Å². The summed E-state index contributed by atoms with van der Waals surface area (Å²) >= 11 is 6.89. The standard InChI is InChI=1S/C32H28Br2N4O4/c33-27-11-13-29(41-21-23-7-3-1-4-8-23)25(17-27)19-35-37-31(39)15-16-32(40)38-36-20-26-18-28(34)12-14-30(26)42-22-24-9-5-2-6-10-24/h1-14,17-20H,15-16,21-22H2,(H,37,39)(H,38,40)/b35-19+,36-20+. The van der Waals surface area contributed by atoms with Crippen LogP contribution in [0.15, 0.2) is 116 Å². The summed E-state index contributed by atoms with van der Waals surface area (Å²) < 4.78 is 13.5. The van der Waals surface area contributed by atoms with Crippen LogP contribution in [0.2, 0.25) is 0 Å². The second kappa shape index (κ2) is 16.2. The molecule has 0 bridgehead atoms. The Morgan fingerprint density at radius 2 is 1.02 bits per heavy atom. The van der Waals surface area contributed by atoms with Gasteiger partial charge in [-0.05, 0) is 47.5 Å². The highest BCUT2D eigenvalue weighted by atomic mass is 79.9. The van der Waals surface area contributed by atoms with E-state index < -0.39 is 11.8 Å². The first kappa shape index (κ1) is 30.7. The highest BCUT2D eigenvalue weighted by molar-refractivity contribution is 9.10. The van der Waals surface area contributed by atoms with Gasteiger partial charge in [0.1, 0.15) is 24.7 Å². The molecule has 0 unspecified atom stereocenters. The summed E-state index contributed by atoms with van der Waals surface area (Å²) in [6.45, 7) is 0.799. The van der Waals surface area contributed by atoms with E-state index in [2.05, 4.69) is 52.9 Å². The van der Waals surface area contributed by atoms with Crippen LogP contribution in [0, 0.1) is 0 Å². The highest BCUT2D eigenvalue weighted by Crippen LogP contribution is 2.24. The Balaban J connectivity index is 1.23. The van der Waals surface area contributed by atoms with Crippen molar-refractivity contribution in [1.29, 1.82) is 0 Å². The molecule has 0 saturated heterocycles. The quantitative estimate of drug-likeness (QED) is 0.120. The fraction of sp³-hybridized carbons (Fsp3) is 0.125. The Kier molecular flexibility index (Phi) is 11.9. The third-order valence-corrected chi connectivity index (χ3v) is 6.77. The average Bonchev–Trinajstić information content (AvgIpc) is 3.00. The minimum absolute atomic E-state index is 0.0587. The number of carbonyl (C=O) groups excluding carboxylic acids is 2. The minimum atomic E-state index is -0.407. The van der Waals surface area contributed by atoms with Crippen LogP contribution in [0.5, 0.6) is 11.5 Å². The molecule has 8 nitrogen and oxygen atoms in total. The molecular weight excluding hydrogens is 664 g/mol. The Morgan fingerprint density at radius 3 is 1.43 bits per heavy atom. The van der Waals surface area contributed by atoms with Gasteiger partial charge in [-0.25, -0.2) is 10.9 Å². The molecule has 0 aliphatic carbocycles. The zero-order chi connectivity index (χ0) is 29.6. The third-order valence-electron chi connectivity index (χ3n) is 5.78. The van der Waals surface area contributed by atoms with Gasteiger partial charge in [0.05, 0.1) is 12.4 Å². The molecule has 4 aromatic carbocycles. The number of hydrogen-bond acceptors (Lipinski definition) is 6. The van der Waals surface area contributed by atoms with Gasteiger partial charge in [0.2, 0.25) is 11.8 Å². The lowest BCUT2D eigenvalue weighted by molar-refractivity contribution is -0.126. The summed E-state index contributed by atoms with van der Waals surface area (Å²) in [6, 6.07) is 30.7. The third kappa shape index (κ3) is 10.3. The van der Waals surface area contributed by atoms with Crippen LogP contribution in [0.1, 0.15) is 35.1 Å². The first-order valence-electron chi connectivity index (χ1n) is 13.0. The molecule has 4 rings (SSSR count). The number of nitrogens with one attached hydrogen (secondary N) is 2. The fourth-order valence-electron chi connectivity index (χ4n) is 3.66. The Hall–Kier alpha value is -4.28. The van der Waals surface area contributed by atoms with Gasteiger partial charge in [0.15, 0.2) is 0 Å². The molecule has 2 amide bonds. The summed E-state index contributed by atoms with van der Waals surface area (Å²) in [5.41, 5.74) is 8.34. The molecule has 0 aliphatic heterocycles. The Bertz CT molecular complexity index is 1430. The molecule has 0 radical (unpaired) electrons. The van der Waals surface area contributed by atoms with Gasteiger partial charge in [-0.2, -0.15) is 10.2 Å². The topological polar surface area (TPSA) is 101 Å². The van der Waals surface area contributed by atoms with Gasteiger partial charge >= 0.3 is 0 Å². The maximum Gasteiger partial charge on any atom is 0.240 e. The lowest BCUT2D eigenvalue weighted by atomic mass is 10.2. The number of hydrazone groups is 2. The van der Waals surface area contributed by atoms with Crippen LogP contribution < -0.4 is 20.3 Å². The molecule has 214 valence electrons. The van der Waals surface area contributed by atoms with E-state index in [0.717, 1.165) is 20.1 Å². The molecule has 4 aromatic rings. The largest absolute Gasteiger partial charge is 0.488 e. The zero-order valence-electron chi connectivity index (χ0n) is 22.5. The van der Waals surface area contributed by atoms with Crippen molar-refractivity contribution in [3.05, 3.63) is 128 Å². The molecule has 0 fully saturated rings. The number of halogens is 2. The van der Waals surface area contributed by atoms with E-state index in [1.165, 1.54) is 12.4 Å². The molecule has 10 heteroatoms. The van der Waals surface area contributed by atoms with E-state index in [-0.39, 0.29) is 12.8 Å². The van der Waals surface area contributed by atoms with Gasteiger partial charge in [0, 0.05) is 32.9 Å². The van der Waals surface area contributed by atoms with Crippen LogP contribution in [0.25, 0.3) is 0 Å². The van der Waals surface area contributed by atoms with Gasteiger partial charge in [-0.3, -0.25) is 9.59 Å². The molecule has 0 aromatic heterocycles. The number of amides is 2. The molecule has 0 spiro atoms. The van der Waals surface area contributed by atoms with Gasteiger partial charge in [-0.15, -0.1) is 0 Å². The van der Waals surface area contributed by atoms with Crippen LogP contribution in [-0.2, 0) is 22.8 Å². The predicted molar refractivity (Wildman–Crippen MR) is 171 cm³/mol. The second-order valence-corrected chi connectivity index (χ2v) is 10.8. The molecule has 2 N–H and O–H groups in total. The summed E-state index contributed by atoms with van der Waals surface area (Å²) in [6.07, 6.45) is 2.89. The molecule has 0 saturated carbocycles. The minimum Gasteiger partial charge on any atom is -0.488 e. The normalized spacial score (nSPS) is 11.0. The first-order valence-corrected chi connectivity index (χ1v) is 14.6. The van der Waals surface area contributed by atoms with Crippen molar-refractivity contribution < 1.29 is 19.1 Å². The van der Waals surface area contributed by atoms with Crippen molar-refractivity contribution in [1.82, 2.24) is 10.9 Å². The van der Waals surface area contributed by atoms with Gasteiger partial charge < -0.3 is 9.47 Å². The van der Waals surface area contributed by atoms with Crippen LogP contribution in [-0.4, -0.2) is 24.2 Å². The number of benzene rings is 4. The first-order chi connectivity index (χ1) is 20.5. The van der Waals surface area contributed by atoms with Crippen LogP contribution >= 0.6 is 31.9 Å². The van der Waals surface area contributed by atoms with Crippen molar-refractivity contribution in [2.75, 3.05) is 0 Å². The molecule has 0 atom stereocenters. The molecular formula is C32H28Br2N4O4. The van der Waals surface area contributed by atoms with Crippen molar-refractivity contribution in [3.63, 3.8) is 0 Å². The lowest BCUT2D eigenvalue weighted by Crippen LogP contribution is -2.22. The van der Waals surface area contributed by atoms with E-state index in [9.17, 15) is 9.59 Å². The maximum absolute atomic E-state index is 12.3. The van der Waals surface area contributed by atoms with E-state index >= 15 is 0 Å². The smallest absolute Gasteiger partial charge is 0.240 e. The lowest BCUT2D eigenvalue weighted by Gasteiger charge is -2.10. The van der Waals surface area contributed by atoms with Crippen LogP contribution in [0.4, 0.5) is 0 Å². The fourth-order valence-corrected chi connectivity index (χ4v) is 4.42. The molecule has 42 heavy (non-hydrogen) atoms. The zero-order valence-corrected chi connectivity index (χ0v) is 25.7. The van der Waals surface area contributed by atoms with Crippen molar-refractivity contribution in [3.8, 4) is 11.5 Å². The van der Waals surface area contributed by atoms with Crippen molar-refractivity contribution in [2.24, 2.45) is 10.2 Å². The summed E-state index contributed by atoms with van der Waals surface area (Å²) in [7, 11) is 0. The number of ether oxygens (including phenoxy) is 2. The number of rotatable bonds is 13. The van der Waals surface area contributed by atoms with Crippen molar-refractivity contribution >= 4 is 56.1 Å². The van der Waals surface area contributed by atoms with Crippen molar-refractivity contribution in [2.45, 2.75) is 26.1 Å². The monoisotopic (exact) mass is 690 g/mol.